The monoisotopic (exact) mass is 150 g/mol. The van der Waals surface area contributed by atoms with Gasteiger partial charge in [-0.2, -0.15) is 8.42 Å². The fraction of sp³-hybridized carbons (Fsp3) is 0.333. The molecule has 1 atom stereocenters. The van der Waals surface area contributed by atoms with E-state index in [0.29, 0.717) is 0 Å². The zero-order chi connectivity index (χ0) is 7.07. The summed E-state index contributed by atoms with van der Waals surface area (Å²) in [4.78, 5) is 10.3. The molecular formula is C3H6N2O3S. The summed E-state index contributed by atoms with van der Waals surface area (Å²) < 4.78 is 22.8. The molecule has 1 unspecified atom stereocenters. The molecule has 1 fully saturated rings. The first-order chi connectivity index (χ1) is 4.02. The van der Waals surface area contributed by atoms with Crippen molar-refractivity contribution in [3.8, 4) is 0 Å². The Labute approximate surface area is 52.8 Å². The average molecular weight is 150 g/mol. The highest BCUT2D eigenvalue weighted by Gasteiger charge is 2.30. The lowest BCUT2D eigenvalue weighted by molar-refractivity contribution is -0.698. The first kappa shape index (κ1) is 6.50. The Morgan fingerprint density at radius 2 is 2.22 bits per heavy atom. The zero-order valence-corrected chi connectivity index (χ0v) is 5.36. The van der Waals surface area contributed by atoms with E-state index in [1.165, 1.54) is 0 Å². The lowest BCUT2D eigenvalue weighted by atomic mass is 10.6. The Kier molecular flexibility index (Phi) is 1.21. The summed E-state index contributed by atoms with van der Waals surface area (Å²) in [5, 5.41) is 0. The van der Waals surface area contributed by atoms with Gasteiger partial charge in [-0.1, -0.05) is 0 Å². The molecule has 9 heavy (non-hydrogen) atoms. The molecule has 0 aromatic rings. The molecule has 2 N–H and O–H groups in total. The summed E-state index contributed by atoms with van der Waals surface area (Å²) in [5.41, 5.74) is 0. The minimum Gasteiger partial charge on any atom is -0.334 e. The second-order valence-corrected chi connectivity index (χ2v) is 3.53. The van der Waals surface area contributed by atoms with Crippen molar-refractivity contribution in [2.45, 2.75) is 0 Å². The molecular weight excluding hydrogens is 144 g/mol. The molecule has 1 saturated heterocycles. The van der Waals surface area contributed by atoms with E-state index in [1.54, 1.807) is 4.72 Å². The van der Waals surface area contributed by atoms with Gasteiger partial charge in [0, 0.05) is 0 Å². The highest BCUT2D eigenvalue weighted by atomic mass is 32.2. The Hall–Kier alpha value is -0.620. The van der Waals surface area contributed by atoms with E-state index < -0.39 is 16.1 Å². The maximum Gasteiger partial charge on any atom is 0.370 e. The van der Waals surface area contributed by atoms with Crippen LogP contribution in [-0.2, 0) is 15.0 Å². The van der Waals surface area contributed by atoms with Crippen LogP contribution < -0.4 is 9.03 Å². The molecule has 0 aromatic carbocycles. The van der Waals surface area contributed by atoms with Gasteiger partial charge < -0.3 is 4.31 Å². The lowest BCUT2D eigenvalue weighted by Gasteiger charge is -2.05. The first-order valence-electron chi connectivity index (χ1n) is 2.26. The predicted molar refractivity (Wildman–Crippen MR) is 28.2 cm³/mol. The summed E-state index contributed by atoms with van der Waals surface area (Å²) in [6.07, 6.45) is 0. The number of rotatable bonds is 0. The Balaban J connectivity index is 2.95. The van der Waals surface area contributed by atoms with Crippen molar-refractivity contribution in [1.82, 2.24) is 4.72 Å². The number of hydrogen-bond donors (Lipinski definition) is 2. The normalized spacial score (nSPS) is 32.1. The van der Waals surface area contributed by atoms with Crippen molar-refractivity contribution in [2.75, 3.05) is 6.54 Å². The third-order valence-corrected chi connectivity index (χ3v) is 2.39. The van der Waals surface area contributed by atoms with Crippen LogP contribution in [0.5, 0.6) is 0 Å². The van der Waals surface area contributed by atoms with Crippen LogP contribution >= 0.6 is 0 Å². The molecule has 1 aliphatic rings. The summed E-state index contributed by atoms with van der Waals surface area (Å²) in [5.74, 6) is -0.500. The predicted octanol–water partition coefficient (Wildman–Crippen LogP) is -2.96. The molecule has 5 nitrogen and oxygen atoms in total. The van der Waals surface area contributed by atoms with Gasteiger partial charge >= 0.3 is 10.2 Å². The van der Waals surface area contributed by atoms with E-state index >= 15 is 0 Å². The number of carbonyl (C=O) groups excluding carboxylic acids is 1. The van der Waals surface area contributed by atoms with Crippen LogP contribution in [0.3, 0.4) is 0 Å². The number of carbonyl (C=O) groups is 1. The molecule has 52 valence electrons. The molecule has 1 aliphatic heterocycles. The molecule has 0 bridgehead atoms. The van der Waals surface area contributed by atoms with Crippen LogP contribution in [0.2, 0.25) is 0 Å². The minimum absolute atomic E-state index is 0.0486. The van der Waals surface area contributed by atoms with Crippen molar-refractivity contribution >= 4 is 16.1 Å². The molecule has 1 amide bonds. The van der Waals surface area contributed by atoms with E-state index in [4.69, 9.17) is 0 Å². The topological polar surface area (TPSA) is 67.7 Å². The van der Waals surface area contributed by atoms with Crippen LogP contribution in [0.25, 0.3) is 0 Å². The molecule has 0 aromatic heterocycles. The SMILES string of the molecule is [CH2-][NH+]1CC(=O)NS1(=O)=O. The number of nitrogens with one attached hydrogen (secondary N) is 2. The third-order valence-electron chi connectivity index (χ3n) is 0.986. The number of amides is 1. The summed E-state index contributed by atoms with van der Waals surface area (Å²) in [6.45, 7) is -0.0949. The fourth-order valence-corrected chi connectivity index (χ4v) is 1.37. The highest BCUT2D eigenvalue weighted by molar-refractivity contribution is 7.84. The highest BCUT2D eigenvalue weighted by Crippen LogP contribution is 1.76. The van der Waals surface area contributed by atoms with Crippen molar-refractivity contribution in [3.05, 3.63) is 7.05 Å². The zero-order valence-electron chi connectivity index (χ0n) is 4.55. The quantitative estimate of drug-likeness (QED) is 0.362. The van der Waals surface area contributed by atoms with Gasteiger partial charge in [0.2, 0.25) is 0 Å². The van der Waals surface area contributed by atoms with E-state index in [9.17, 15) is 13.2 Å². The third kappa shape index (κ3) is 1.03. The molecule has 1 heterocycles. The van der Waals surface area contributed by atoms with Crippen LogP contribution in [0.15, 0.2) is 0 Å². The van der Waals surface area contributed by atoms with Crippen molar-refractivity contribution in [2.24, 2.45) is 0 Å². The van der Waals surface area contributed by atoms with Gasteiger partial charge in [0.1, 0.15) is 6.54 Å². The van der Waals surface area contributed by atoms with Crippen molar-refractivity contribution in [3.63, 3.8) is 0 Å². The Morgan fingerprint density at radius 3 is 2.33 bits per heavy atom. The fourth-order valence-electron chi connectivity index (χ4n) is 0.532. The van der Waals surface area contributed by atoms with Crippen LogP contribution in [-0.4, -0.2) is 20.9 Å². The molecule has 0 saturated carbocycles. The molecule has 0 spiro atoms. The van der Waals surface area contributed by atoms with Crippen LogP contribution in [0, 0.1) is 7.05 Å². The maximum absolute atomic E-state index is 10.5. The standard InChI is InChI=1S/C3H6N2O3S/c1-5-2-3(6)4-9(5,7)8/h5H,1-2H2,(H,4,6). The van der Waals surface area contributed by atoms with Crippen LogP contribution in [0.4, 0.5) is 0 Å². The molecule has 1 rings (SSSR count). The largest absolute Gasteiger partial charge is 0.370 e. The van der Waals surface area contributed by atoms with Gasteiger partial charge in [-0.25, -0.2) is 4.72 Å². The van der Waals surface area contributed by atoms with Gasteiger partial charge in [0.25, 0.3) is 5.91 Å². The van der Waals surface area contributed by atoms with Crippen molar-refractivity contribution < 1.29 is 17.5 Å². The minimum atomic E-state index is -3.47. The molecule has 0 aliphatic carbocycles. The van der Waals surface area contributed by atoms with Gasteiger partial charge in [0.05, 0.1) is 0 Å². The van der Waals surface area contributed by atoms with Crippen molar-refractivity contribution in [1.29, 1.82) is 0 Å². The summed E-state index contributed by atoms with van der Waals surface area (Å²) >= 11 is 0. The smallest absolute Gasteiger partial charge is 0.334 e. The average Bonchev–Trinajstić information content (AvgIpc) is 1.79. The van der Waals surface area contributed by atoms with E-state index in [1.807, 2.05) is 0 Å². The number of hydrogen-bond acceptors (Lipinski definition) is 3. The Morgan fingerprint density at radius 1 is 1.67 bits per heavy atom. The van der Waals surface area contributed by atoms with Gasteiger partial charge in [-0.3, -0.25) is 4.79 Å². The van der Waals surface area contributed by atoms with Gasteiger partial charge in [0.15, 0.2) is 0 Å². The Bertz CT molecular complexity index is 231. The first-order valence-corrected chi connectivity index (χ1v) is 3.74. The molecule has 0 radical (unpaired) electrons. The molecule has 6 heteroatoms. The van der Waals surface area contributed by atoms with Gasteiger partial charge in [-0.05, 0) is 0 Å². The lowest BCUT2D eigenvalue weighted by Crippen LogP contribution is -3.07. The van der Waals surface area contributed by atoms with E-state index in [0.717, 1.165) is 0 Å². The van der Waals surface area contributed by atoms with Crippen LogP contribution in [0.1, 0.15) is 0 Å². The second kappa shape index (κ2) is 1.68. The van der Waals surface area contributed by atoms with E-state index in [2.05, 4.69) is 7.05 Å². The van der Waals surface area contributed by atoms with E-state index in [-0.39, 0.29) is 10.8 Å². The number of quaternary nitrogens is 1. The van der Waals surface area contributed by atoms with Gasteiger partial charge in [-0.15, -0.1) is 7.05 Å². The summed E-state index contributed by atoms with van der Waals surface area (Å²) in [6, 6.07) is 0. The maximum atomic E-state index is 10.5. The second-order valence-electron chi connectivity index (χ2n) is 1.74. The summed E-state index contributed by atoms with van der Waals surface area (Å²) in [7, 11) is -0.282.